The smallest absolute Gasteiger partial charge is 0.328 e. The van der Waals surface area contributed by atoms with Gasteiger partial charge >= 0.3 is 11.9 Å². The van der Waals surface area contributed by atoms with Gasteiger partial charge in [-0.25, -0.2) is 22.4 Å². The largest absolute Gasteiger partial charge is 0.478 e. The first-order valence-electron chi connectivity index (χ1n) is 13.6. The van der Waals surface area contributed by atoms with E-state index in [4.69, 9.17) is 15.5 Å². The first kappa shape index (κ1) is 30.2. The number of sulfone groups is 1. The number of anilines is 1. The SMILES string of the molecule is CS(=O)(=O)c1ccccc1C1CC2CC(N3CCN(c4ccc(C#N)c(F)c4)CC3)CC2C1.O=C(O)/C=C/C(=O)O. The summed E-state index contributed by atoms with van der Waals surface area (Å²) >= 11 is 0. The number of halogens is 1. The summed E-state index contributed by atoms with van der Waals surface area (Å²) in [5.74, 6) is -1.29. The number of hydrogen-bond acceptors (Lipinski definition) is 7. The van der Waals surface area contributed by atoms with Gasteiger partial charge in [-0.05, 0) is 73.3 Å². The van der Waals surface area contributed by atoms with Gasteiger partial charge in [-0.2, -0.15) is 5.26 Å². The number of nitriles is 1. The van der Waals surface area contributed by atoms with E-state index in [0.717, 1.165) is 50.3 Å². The van der Waals surface area contributed by atoms with E-state index >= 15 is 0 Å². The Bertz CT molecular complexity index is 1430. The van der Waals surface area contributed by atoms with E-state index in [1.165, 1.54) is 25.2 Å². The molecule has 11 heteroatoms. The average molecular weight is 584 g/mol. The van der Waals surface area contributed by atoms with Crippen LogP contribution in [0.5, 0.6) is 0 Å². The molecule has 2 unspecified atom stereocenters. The van der Waals surface area contributed by atoms with Crippen molar-refractivity contribution in [2.45, 2.75) is 42.5 Å². The maximum Gasteiger partial charge on any atom is 0.328 e. The van der Waals surface area contributed by atoms with Crippen LogP contribution in [0.25, 0.3) is 0 Å². The molecule has 1 saturated heterocycles. The van der Waals surface area contributed by atoms with Crippen LogP contribution in [0, 0.1) is 29.0 Å². The third-order valence-corrected chi connectivity index (χ3v) is 9.56. The lowest BCUT2D eigenvalue weighted by atomic mass is 9.93. The van der Waals surface area contributed by atoms with Crippen molar-refractivity contribution in [2.75, 3.05) is 37.3 Å². The molecule has 2 aromatic rings. The van der Waals surface area contributed by atoms with Gasteiger partial charge in [-0.1, -0.05) is 18.2 Å². The van der Waals surface area contributed by atoms with Gasteiger partial charge in [0.25, 0.3) is 0 Å². The molecule has 3 aliphatic rings. The van der Waals surface area contributed by atoms with Gasteiger partial charge in [0, 0.05) is 56.3 Å². The van der Waals surface area contributed by atoms with Crippen LogP contribution in [0.1, 0.15) is 42.7 Å². The summed E-state index contributed by atoms with van der Waals surface area (Å²) in [5, 5.41) is 24.6. The van der Waals surface area contributed by atoms with Gasteiger partial charge in [-0.15, -0.1) is 0 Å². The Morgan fingerprint density at radius 2 is 1.54 bits per heavy atom. The predicted molar refractivity (Wildman–Crippen MR) is 151 cm³/mol. The summed E-state index contributed by atoms with van der Waals surface area (Å²) in [5.41, 5.74) is 1.95. The monoisotopic (exact) mass is 583 g/mol. The number of carbonyl (C=O) groups is 2. The lowest BCUT2D eigenvalue weighted by molar-refractivity contribution is -0.134. The van der Waals surface area contributed by atoms with Crippen molar-refractivity contribution in [3.63, 3.8) is 0 Å². The van der Waals surface area contributed by atoms with Crippen LogP contribution in [0.4, 0.5) is 10.1 Å². The van der Waals surface area contributed by atoms with Gasteiger partial charge in [-0.3, -0.25) is 4.90 Å². The Morgan fingerprint density at radius 1 is 0.951 bits per heavy atom. The van der Waals surface area contributed by atoms with E-state index in [9.17, 15) is 22.4 Å². The van der Waals surface area contributed by atoms with E-state index in [0.29, 0.717) is 40.8 Å². The van der Waals surface area contributed by atoms with Crippen molar-refractivity contribution in [3.8, 4) is 6.07 Å². The molecule has 2 atom stereocenters. The molecule has 2 N–H and O–H groups in total. The fourth-order valence-corrected chi connectivity index (χ4v) is 7.56. The highest BCUT2D eigenvalue weighted by Gasteiger charge is 2.44. The average Bonchev–Trinajstić information content (AvgIpc) is 3.52. The van der Waals surface area contributed by atoms with Crippen molar-refractivity contribution >= 4 is 27.5 Å². The lowest BCUT2D eigenvalue weighted by Crippen LogP contribution is -2.50. The van der Waals surface area contributed by atoms with Crippen LogP contribution < -0.4 is 4.90 Å². The van der Waals surface area contributed by atoms with E-state index in [1.54, 1.807) is 12.1 Å². The maximum atomic E-state index is 14.0. The van der Waals surface area contributed by atoms with E-state index < -0.39 is 27.6 Å². The zero-order valence-corrected chi connectivity index (χ0v) is 23.6. The molecule has 1 aliphatic heterocycles. The summed E-state index contributed by atoms with van der Waals surface area (Å²) in [7, 11) is -3.21. The number of aliphatic carboxylic acids is 2. The molecule has 9 nitrogen and oxygen atoms in total. The number of nitrogens with zero attached hydrogens (tertiary/aromatic N) is 3. The topological polar surface area (TPSA) is 139 Å². The number of carboxylic acid groups (broad SMARTS) is 2. The van der Waals surface area contributed by atoms with E-state index in [1.807, 2.05) is 30.3 Å². The molecule has 3 fully saturated rings. The number of carboxylic acids is 2. The van der Waals surface area contributed by atoms with Crippen LogP contribution in [-0.2, 0) is 19.4 Å². The number of benzene rings is 2. The maximum absolute atomic E-state index is 14.0. The number of piperazine rings is 1. The molecule has 5 rings (SSSR count). The van der Waals surface area contributed by atoms with Gasteiger partial charge in [0.1, 0.15) is 11.9 Å². The fourth-order valence-electron chi connectivity index (χ4n) is 6.57. The first-order valence-corrected chi connectivity index (χ1v) is 15.5. The highest BCUT2D eigenvalue weighted by molar-refractivity contribution is 7.90. The Labute approximate surface area is 239 Å². The number of fused-ring (bicyclic) bond motifs is 1. The van der Waals surface area contributed by atoms with Crippen molar-refractivity contribution < 1.29 is 32.6 Å². The van der Waals surface area contributed by atoms with Crippen LogP contribution in [-0.4, -0.2) is 73.9 Å². The van der Waals surface area contributed by atoms with Gasteiger partial charge < -0.3 is 15.1 Å². The molecule has 2 saturated carbocycles. The van der Waals surface area contributed by atoms with Gasteiger partial charge in [0.2, 0.25) is 0 Å². The Balaban J connectivity index is 0.000000426. The molecule has 0 spiro atoms. The summed E-state index contributed by atoms with van der Waals surface area (Å²) in [6.07, 6.45) is 6.96. The minimum absolute atomic E-state index is 0.0901. The van der Waals surface area contributed by atoms with Gasteiger partial charge in [0.05, 0.1) is 10.5 Å². The summed E-state index contributed by atoms with van der Waals surface area (Å²) in [6, 6.07) is 14.9. The molecule has 0 amide bonds. The second kappa shape index (κ2) is 12.8. The third kappa shape index (κ3) is 7.51. The summed E-state index contributed by atoms with van der Waals surface area (Å²) < 4.78 is 38.5. The van der Waals surface area contributed by atoms with Crippen LogP contribution in [0.15, 0.2) is 59.5 Å². The first-order chi connectivity index (χ1) is 19.5. The Hall–Kier alpha value is -3.75. The van der Waals surface area contributed by atoms with Crippen molar-refractivity contribution in [1.29, 1.82) is 5.26 Å². The van der Waals surface area contributed by atoms with Crippen LogP contribution in [0.2, 0.25) is 0 Å². The molecule has 2 aromatic carbocycles. The molecular weight excluding hydrogens is 549 g/mol. The summed E-state index contributed by atoms with van der Waals surface area (Å²) in [6.45, 7) is 3.65. The highest BCUT2D eigenvalue weighted by Crippen LogP contribution is 2.52. The van der Waals surface area contributed by atoms with Crippen LogP contribution >= 0.6 is 0 Å². The standard InChI is InChI=1S/C26H30FN3O2S.C4H4O4/c1-33(31,32)26-5-3-2-4-24(26)21-12-19-14-23(15-20(19)13-21)30-10-8-29(9-11-30)22-7-6-18(17-28)25(27)16-22;5-3(6)1-2-4(7)8/h2-7,16,19-21,23H,8-15H2,1H3;1-2H,(H,5,6)(H,7,8)/b;2-1+. The molecule has 2 aliphatic carbocycles. The number of rotatable bonds is 6. The second-order valence-corrected chi connectivity index (χ2v) is 12.9. The van der Waals surface area contributed by atoms with Crippen molar-refractivity contribution in [1.82, 2.24) is 4.90 Å². The predicted octanol–water partition coefficient (Wildman–Crippen LogP) is 3.91. The molecule has 41 heavy (non-hydrogen) atoms. The Morgan fingerprint density at radius 3 is 2.05 bits per heavy atom. The van der Waals surface area contributed by atoms with E-state index in [2.05, 4.69) is 9.80 Å². The molecular formula is C30H34FN3O6S. The van der Waals surface area contributed by atoms with Crippen molar-refractivity contribution in [2.24, 2.45) is 11.8 Å². The number of hydrogen-bond donors (Lipinski definition) is 2. The summed E-state index contributed by atoms with van der Waals surface area (Å²) in [4.78, 5) is 24.4. The molecule has 218 valence electrons. The zero-order valence-electron chi connectivity index (χ0n) is 22.8. The zero-order chi connectivity index (χ0) is 29.7. The molecule has 0 bridgehead atoms. The molecule has 1 heterocycles. The van der Waals surface area contributed by atoms with E-state index in [-0.39, 0.29) is 5.56 Å². The van der Waals surface area contributed by atoms with Crippen LogP contribution in [0.3, 0.4) is 0 Å². The fraction of sp³-hybridized carbons (Fsp3) is 0.433. The molecule has 0 aromatic heterocycles. The lowest BCUT2D eigenvalue weighted by Gasteiger charge is -2.39. The Kier molecular flexibility index (Phi) is 9.46. The normalized spacial score (nSPS) is 24.4. The minimum Gasteiger partial charge on any atom is -0.478 e. The third-order valence-electron chi connectivity index (χ3n) is 8.39. The van der Waals surface area contributed by atoms with Gasteiger partial charge in [0.15, 0.2) is 9.84 Å². The highest BCUT2D eigenvalue weighted by atomic mass is 32.2. The quantitative estimate of drug-likeness (QED) is 0.485. The molecule has 0 radical (unpaired) electrons. The second-order valence-electron chi connectivity index (χ2n) is 10.9. The minimum atomic E-state index is -3.21. The van der Waals surface area contributed by atoms with Crippen molar-refractivity contribution in [3.05, 3.63) is 71.6 Å².